The number of fused-ring (bicyclic) bond motifs is 1. The summed E-state index contributed by atoms with van der Waals surface area (Å²) >= 11 is 0. The van der Waals surface area contributed by atoms with Gasteiger partial charge in [0.1, 0.15) is 11.3 Å². The van der Waals surface area contributed by atoms with Gasteiger partial charge in [0.05, 0.1) is 6.04 Å². The molecule has 1 N–H and O–H groups in total. The molecule has 0 bridgehead atoms. The van der Waals surface area contributed by atoms with Crippen LogP contribution in [0.4, 0.5) is 0 Å². The second-order valence-electron chi connectivity index (χ2n) is 4.69. The van der Waals surface area contributed by atoms with E-state index in [0.717, 1.165) is 35.3 Å². The third kappa shape index (κ3) is 3.67. The Bertz CT molecular complexity index is 517. The van der Waals surface area contributed by atoms with Gasteiger partial charge in [-0.3, -0.25) is 4.21 Å². The molecule has 1 aromatic carbocycles. The molecule has 0 amide bonds. The molecule has 0 aliphatic rings. The molecule has 1 aromatic heterocycles. The molecule has 0 saturated heterocycles. The average molecular weight is 279 g/mol. The normalized spacial score (nSPS) is 14.6. The number of para-hydroxylation sites is 1. The van der Waals surface area contributed by atoms with Gasteiger partial charge >= 0.3 is 0 Å². The van der Waals surface area contributed by atoms with Gasteiger partial charge in [0.2, 0.25) is 0 Å². The molecule has 2 unspecified atom stereocenters. The van der Waals surface area contributed by atoms with Crippen LogP contribution in [0.5, 0.6) is 0 Å². The molecular formula is C15H21NO2S. The molecule has 0 spiro atoms. The summed E-state index contributed by atoms with van der Waals surface area (Å²) in [6, 6.07) is 10.00. The Kier molecular flexibility index (Phi) is 5.16. The van der Waals surface area contributed by atoms with Gasteiger partial charge in [-0.25, -0.2) is 0 Å². The zero-order chi connectivity index (χ0) is 13.7. The number of benzene rings is 1. The Balaban J connectivity index is 2.10. The predicted molar refractivity (Wildman–Crippen MR) is 80.8 cm³/mol. The molecule has 3 nitrogen and oxygen atoms in total. The van der Waals surface area contributed by atoms with Gasteiger partial charge in [0.25, 0.3) is 0 Å². The van der Waals surface area contributed by atoms with Crippen LogP contribution in [0.25, 0.3) is 11.0 Å². The Morgan fingerprint density at radius 3 is 2.84 bits per heavy atom. The summed E-state index contributed by atoms with van der Waals surface area (Å²) in [5.74, 6) is 2.25. The van der Waals surface area contributed by atoms with Crippen LogP contribution in [0.2, 0.25) is 0 Å². The minimum absolute atomic E-state index is 0.0186. The number of hydrogen-bond acceptors (Lipinski definition) is 3. The Labute approximate surface area is 116 Å². The highest BCUT2D eigenvalue weighted by Gasteiger charge is 2.17. The molecule has 0 fully saturated rings. The summed E-state index contributed by atoms with van der Waals surface area (Å²) in [6.07, 6.45) is 2.10. The van der Waals surface area contributed by atoms with E-state index in [9.17, 15) is 4.21 Å². The molecule has 2 aromatic rings. The average Bonchev–Trinajstić information content (AvgIpc) is 2.86. The van der Waals surface area contributed by atoms with Crippen molar-refractivity contribution in [3.05, 3.63) is 36.1 Å². The lowest BCUT2D eigenvalue weighted by atomic mass is 10.2. The Hall–Kier alpha value is -1.13. The van der Waals surface area contributed by atoms with E-state index in [2.05, 4.69) is 12.2 Å². The van der Waals surface area contributed by atoms with Crippen LogP contribution in [0.3, 0.4) is 0 Å². The molecule has 2 rings (SSSR count). The van der Waals surface area contributed by atoms with E-state index in [0.29, 0.717) is 5.75 Å². The summed E-state index contributed by atoms with van der Waals surface area (Å²) in [7, 11) is 1.09. The molecule has 0 radical (unpaired) electrons. The van der Waals surface area contributed by atoms with E-state index in [-0.39, 0.29) is 6.04 Å². The molecule has 19 heavy (non-hydrogen) atoms. The first kappa shape index (κ1) is 14.3. The van der Waals surface area contributed by atoms with Crippen molar-refractivity contribution in [1.29, 1.82) is 0 Å². The van der Waals surface area contributed by atoms with Crippen LogP contribution in [0.1, 0.15) is 31.6 Å². The van der Waals surface area contributed by atoms with E-state index >= 15 is 0 Å². The number of unbranched alkanes of at least 4 members (excludes halogenated alkanes) is 1. The first-order valence-corrected chi connectivity index (χ1v) is 8.24. The van der Waals surface area contributed by atoms with Gasteiger partial charge in [0, 0.05) is 27.7 Å². The molecule has 2 atom stereocenters. The van der Waals surface area contributed by atoms with Crippen LogP contribution in [0, 0.1) is 0 Å². The second kappa shape index (κ2) is 6.87. The van der Waals surface area contributed by atoms with Gasteiger partial charge in [-0.15, -0.1) is 0 Å². The van der Waals surface area contributed by atoms with Gasteiger partial charge in [-0.1, -0.05) is 31.5 Å². The second-order valence-corrected chi connectivity index (χ2v) is 6.31. The van der Waals surface area contributed by atoms with Gasteiger partial charge in [-0.2, -0.15) is 0 Å². The number of hydrogen-bond donors (Lipinski definition) is 1. The third-order valence-corrected chi connectivity index (χ3v) is 4.66. The number of nitrogens with one attached hydrogen (secondary N) is 1. The van der Waals surface area contributed by atoms with Gasteiger partial charge < -0.3 is 9.73 Å². The summed E-state index contributed by atoms with van der Waals surface area (Å²) in [4.78, 5) is 0. The standard InChI is InChI=1S/C15H21NO2S/c1-3-4-9-19(17)11-13(16-2)15-10-12-7-5-6-8-14(12)18-15/h5-8,10,13,16H,3-4,9,11H2,1-2H3. The lowest BCUT2D eigenvalue weighted by Crippen LogP contribution is -2.23. The maximum atomic E-state index is 12.0. The van der Waals surface area contributed by atoms with Crippen LogP contribution in [-0.4, -0.2) is 22.8 Å². The molecule has 0 aliphatic heterocycles. The summed E-state index contributed by atoms with van der Waals surface area (Å²) in [6.45, 7) is 2.12. The largest absolute Gasteiger partial charge is 0.459 e. The van der Waals surface area contributed by atoms with E-state index in [4.69, 9.17) is 4.42 Å². The lowest BCUT2D eigenvalue weighted by Gasteiger charge is -2.12. The lowest BCUT2D eigenvalue weighted by molar-refractivity contribution is 0.476. The summed E-state index contributed by atoms with van der Waals surface area (Å²) in [5, 5.41) is 4.29. The van der Waals surface area contributed by atoms with Crippen LogP contribution in [-0.2, 0) is 10.8 Å². The quantitative estimate of drug-likeness (QED) is 0.846. The van der Waals surface area contributed by atoms with E-state index in [1.165, 1.54) is 0 Å². The fourth-order valence-corrected chi connectivity index (χ4v) is 3.54. The van der Waals surface area contributed by atoms with E-state index in [1.807, 2.05) is 37.4 Å². The van der Waals surface area contributed by atoms with Crippen molar-refractivity contribution >= 4 is 21.8 Å². The fourth-order valence-electron chi connectivity index (χ4n) is 2.06. The molecule has 0 saturated carbocycles. The topological polar surface area (TPSA) is 42.2 Å². The van der Waals surface area contributed by atoms with Crippen molar-refractivity contribution < 1.29 is 8.63 Å². The van der Waals surface area contributed by atoms with E-state index in [1.54, 1.807) is 0 Å². The van der Waals surface area contributed by atoms with Crippen molar-refractivity contribution in [2.45, 2.75) is 25.8 Å². The minimum atomic E-state index is -0.795. The first-order valence-electron chi connectivity index (χ1n) is 6.75. The highest BCUT2D eigenvalue weighted by molar-refractivity contribution is 7.85. The minimum Gasteiger partial charge on any atom is -0.459 e. The summed E-state index contributed by atoms with van der Waals surface area (Å²) in [5.41, 5.74) is 0.886. The third-order valence-electron chi connectivity index (χ3n) is 3.21. The first-order chi connectivity index (χ1) is 9.24. The Morgan fingerprint density at radius 1 is 1.37 bits per heavy atom. The molecule has 0 aliphatic carbocycles. The van der Waals surface area contributed by atoms with Gasteiger partial charge in [0.15, 0.2) is 0 Å². The molecule has 4 heteroatoms. The summed E-state index contributed by atoms with van der Waals surface area (Å²) < 4.78 is 17.8. The van der Waals surface area contributed by atoms with Crippen molar-refractivity contribution in [1.82, 2.24) is 5.32 Å². The van der Waals surface area contributed by atoms with E-state index < -0.39 is 10.8 Å². The van der Waals surface area contributed by atoms with Crippen molar-refractivity contribution in [2.75, 3.05) is 18.6 Å². The molecule has 1 heterocycles. The predicted octanol–water partition coefficient (Wildman–Crippen LogP) is 3.24. The fraction of sp³-hybridized carbons (Fsp3) is 0.467. The molecular weight excluding hydrogens is 258 g/mol. The van der Waals surface area contributed by atoms with Crippen molar-refractivity contribution in [3.63, 3.8) is 0 Å². The number of furan rings is 1. The number of rotatable bonds is 7. The maximum Gasteiger partial charge on any atom is 0.134 e. The molecule has 104 valence electrons. The maximum absolute atomic E-state index is 12.0. The monoisotopic (exact) mass is 279 g/mol. The highest BCUT2D eigenvalue weighted by Crippen LogP contribution is 2.24. The highest BCUT2D eigenvalue weighted by atomic mass is 32.2. The van der Waals surface area contributed by atoms with Crippen LogP contribution < -0.4 is 5.32 Å². The van der Waals surface area contributed by atoms with Crippen molar-refractivity contribution in [3.8, 4) is 0 Å². The smallest absolute Gasteiger partial charge is 0.134 e. The van der Waals surface area contributed by atoms with Crippen LogP contribution in [0.15, 0.2) is 34.7 Å². The van der Waals surface area contributed by atoms with Crippen LogP contribution >= 0.6 is 0 Å². The zero-order valence-electron chi connectivity index (χ0n) is 11.5. The SMILES string of the molecule is CCCCS(=O)CC(NC)c1cc2ccccc2o1. The Morgan fingerprint density at radius 2 is 2.16 bits per heavy atom. The van der Waals surface area contributed by atoms with Gasteiger partial charge in [-0.05, 0) is 25.6 Å². The van der Waals surface area contributed by atoms with Crippen molar-refractivity contribution in [2.24, 2.45) is 0 Å². The zero-order valence-corrected chi connectivity index (χ0v) is 12.3.